The lowest BCUT2D eigenvalue weighted by Gasteiger charge is -2.33. The Morgan fingerprint density at radius 3 is 2.62 bits per heavy atom. The van der Waals surface area contributed by atoms with Crippen LogP contribution in [-0.2, 0) is 13.1 Å². The van der Waals surface area contributed by atoms with Gasteiger partial charge >= 0.3 is 0 Å². The average molecular weight is 439 g/mol. The molecule has 2 aromatic rings. The lowest BCUT2D eigenvalue weighted by Crippen LogP contribution is -2.44. The zero-order valence-corrected chi connectivity index (χ0v) is 20.2. The van der Waals surface area contributed by atoms with E-state index in [1.165, 1.54) is 5.56 Å². The summed E-state index contributed by atoms with van der Waals surface area (Å²) in [4.78, 5) is 14.1. The van der Waals surface area contributed by atoms with Crippen molar-refractivity contribution in [3.8, 4) is 5.75 Å². The first-order valence-corrected chi connectivity index (χ1v) is 11.6. The van der Waals surface area contributed by atoms with E-state index in [1.54, 1.807) is 0 Å². The smallest absolute Gasteiger partial charge is 0.191 e. The summed E-state index contributed by atoms with van der Waals surface area (Å²) in [5.41, 5.74) is 3.47. The summed E-state index contributed by atoms with van der Waals surface area (Å²) < 4.78 is 6.01. The number of guanidine groups is 1. The van der Waals surface area contributed by atoms with Crippen LogP contribution in [-0.4, -0.2) is 61.7 Å². The number of hydrogen-bond acceptors (Lipinski definition) is 5. The van der Waals surface area contributed by atoms with Crippen LogP contribution in [0.5, 0.6) is 5.75 Å². The third kappa shape index (κ3) is 7.12. The second-order valence-corrected chi connectivity index (χ2v) is 8.64. The van der Waals surface area contributed by atoms with Gasteiger partial charge in [-0.1, -0.05) is 12.1 Å². The normalized spacial score (nSPS) is 15.2. The first-order valence-electron chi connectivity index (χ1n) is 11.6. The number of benzene rings is 1. The number of hydrogen-bond donors (Lipinski definition) is 2. The summed E-state index contributed by atoms with van der Waals surface area (Å²) in [5, 5.41) is 6.79. The molecular weight excluding hydrogens is 400 g/mol. The van der Waals surface area contributed by atoms with Crippen LogP contribution >= 0.6 is 0 Å². The molecule has 3 rings (SSSR count). The van der Waals surface area contributed by atoms with Gasteiger partial charge in [0.2, 0.25) is 0 Å². The predicted molar refractivity (Wildman–Crippen MR) is 133 cm³/mol. The van der Waals surface area contributed by atoms with Gasteiger partial charge in [-0.15, -0.1) is 0 Å². The van der Waals surface area contributed by atoms with Gasteiger partial charge in [-0.3, -0.25) is 0 Å². The highest BCUT2D eigenvalue weighted by molar-refractivity contribution is 5.79. The molecule has 0 spiro atoms. The van der Waals surface area contributed by atoms with E-state index in [0.29, 0.717) is 13.1 Å². The Balaban J connectivity index is 1.65. The van der Waals surface area contributed by atoms with Crippen molar-refractivity contribution in [3.63, 3.8) is 0 Å². The highest BCUT2D eigenvalue weighted by Gasteiger charge is 2.15. The number of rotatable bonds is 8. The largest absolute Gasteiger partial charge is 0.491 e. The van der Waals surface area contributed by atoms with Crippen LogP contribution in [0.4, 0.5) is 5.82 Å². The molecule has 7 nitrogen and oxygen atoms in total. The number of pyridine rings is 1. The third-order valence-corrected chi connectivity index (χ3v) is 5.43. The first-order chi connectivity index (χ1) is 15.4. The number of ether oxygens (including phenoxy) is 1. The minimum absolute atomic E-state index is 0.138. The summed E-state index contributed by atoms with van der Waals surface area (Å²) in [7, 11) is 2.17. The van der Waals surface area contributed by atoms with Crippen LogP contribution in [0.2, 0.25) is 0 Å². The highest BCUT2D eigenvalue weighted by atomic mass is 16.5. The summed E-state index contributed by atoms with van der Waals surface area (Å²) in [6, 6.07) is 10.5. The van der Waals surface area contributed by atoms with Gasteiger partial charge in [0.25, 0.3) is 0 Å². The van der Waals surface area contributed by atoms with Gasteiger partial charge in [0, 0.05) is 51.0 Å². The molecule has 1 aliphatic heterocycles. The number of likely N-dealkylation sites (N-methyl/N-ethyl adjacent to an activating group) is 1. The Bertz CT molecular complexity index is 890. The van der Waals surface area contributed by atoms with Crippen molar-refractivity contribution in [1.82, 2.24) is 20.5 Å². The van der Waals surface area contributed by atoms with E-state index in [0.717, 1.165) is 61.4 Å². The zero-order valence-electron chi connectivity index (χ0n) is 20.2. The second kappa shape index (κ2) is 11.7. The van der Waals surface area contributed by atoms with Crippen molar-refractivity contribution in [2.45, 2.75) is 46.9 Å². The molecule has 1 aliphatic rings. The minimum Gasteiger partial charge on any atom is -0.491 e. The molecule has 2 heterocycles. The standard InChI is InChI=1S/C25H38N6O/c1-6-26-25(29-18-22-8-7-20(4)15-23(22)32-19(2)3)28-17-21-9-10-27-24(16-21)31-13-11-30(5)12-14-31/h7-10,15-16,19H,6,11-14,17-18H2,1-5H3,(H2,26,28,29). The fourth-order valence-electron chi connectivity index (χ4n) is 3.63. The fraction of sp³-hybridized carbons (Fsp3) is 0.520. The van der Waals surface area contributed by atoms with Gasteiger partial charge in [-0.25, -0.2) is 9.98 Å². The van der Waals surface area contributed by atoms with E-state index in [4.69, 9.17) is 9.73 Å². The van der Waals surface area contributed by atoms with Crippen LogP contribution in [0.25, 0.3) is 0 Å². The molecule has 174 valence electrons. The Kier molecular flexibility index (Phi) is 8.73. The molecule has 0 unspecified atom stereocenters. The molecule has 1 aromatic carbocycles. The van der Waals surface area contributed by atoms with E-state index >= 15 is 0 Å². The Hall–Kier alpha value is -2.80. The molecule has 0 aliphatic carbocycles. The fourth-order valence-corrected chi connectivity index (χ4v) is 3.63. The molecular formula is C25H38N6O. The number of anilines is 1. The molecule has 1 fully saturated rings. The highest BCUT2D eigenvalue weighted by Crippen LogP contribution is 2.21. The number of aliphatic imine (C=N–C) groups is 1. The Labute approximate surface area is 192 Å². The summed E-state index contributed by atoms with van der Waals surface area (Å²) in [6.07, 6.45) is 2.03. The van der Waals surface area contributed by atoms with Crippen LogP contribution < -0.4 is 20.3 Å². The Morgan fingerprint density at radius 2 is 1.91 bits per heavy atom. The average Bonchev–Trinajstić information content (AvgIpc) is 2.77. The van der Waals surface area contributed by atoms with Crippen LogP contribution in [0, 0.1) is 6.92 Å². The topological polar surface area (TPSA) is 65.0 Å². The summed E-state index contributed by atoms with van der Waals surface area (Å²) in [5.74, 6) is 2.76. The lowest BCUT2D eigenvalue weighted by molar-refractivity contribution is 0.239. The second-order valence-electron chi connectivity index (χ2n) is 8.64. The molecule has 0 atom stereocenters. The van der Waals surface area contributed by atoms with Gasteiger partial charge in [0.15, 0.2) is 5.96 Å². The van der Waals surface area contributed by atoms with Crippen molar-refractivity contribution in [3.05, 3.63) is 53.2 Å². The van der Waals surface area contributed by atoms with Crippen LogP contribution in [0.15, 0.2) is 41.5 Å². The van der Waals surface area contributed by atoms with Crippen LogP contribution in [0.3, 0.4) is 0 Å². The van der Waals surface area contributed by atoms with Gasteiger partial charge in [-0.2, -0.15) is 0 Å². The zero-order chi connectivity index (χ0) is 22.9. The molecule has 1 aromatic heterocycles. The molecule has 0 saturated carbocycles. The SMILES string of the molecule is CCNC(=NCc1ccnc(N2CCN(C)CC2)c1)NCc1ccc(C)cc1OC(C)C. The maximum Gasteiger partial charge on any atom is 0.191 e. The molecule has 2 N–H and O–H groups in total. The maximum atomic E-state index is 6.01. The van der Waals surface area contributed by atoms with E-state index in [2.05, 4.69) is 84.4 Å². The van der Waals surface area contributed by atoms with Crippen molar-refractivity contribution >= 4 is 11.8 Å². The van der Waals surface area contributed by atoms with Gasteiger partial charge in [-0.05, 0) is 64.1 Å². The maximum absolute atomic E-state index is 6.01. The van der Waals surface area contributed by atoms with Gasteiger partial charge in [0.1, 0.15) is 11.6 Å². The quantitative estimate of drug-likeness (QED) is 0.488. The van der Waals surface area contributed by atoms with Crippen molar-refractivity contribution in [2.75, 3.05) is 44.7 Å². The minimum atomic E-state index is 0.138. The van der Waals surface area contributed by atoms with Crippen LogP contribution in [0.1, 0.15) is 37.5 Å². The number of piperazine rings is 1. The number of nitrogens with one attached hydrogen (secondary N) is 2. The van der Waals surface area contributed by atoms with Crippen molar-refractivity contribution < 1.29 is 4.74 Å². The molecule has 1 saturated heterocycles. The van der Waals surface area contributed by atoms with Crippen molar-refractivity contribution in [2.24, 2.45) is 4.99 Å². The predicted octanol–water partition coefficient (Wildman–Crippen LogP) is 3.18. The molecule has 7 heteroatoms. The summed E-state index contributed by atoms with van der Waals surface area (Å²) >= 11 is 0. The number of aryl methyl sites for hydroxylation is 1. The lowest BCUT2D eigenvalue weighted by atomic mass is 10.1. The number of nitrogens with zero attached hydrogens (tertiary/aromatic N) is 4. The first kappa shape index (κ1) is 23.9. The number of aromatic nitrogens is 1. The third-order valence-electron chi connectivity index (χ3n) is 5.43. The summed E-state index contributed by atoms with van der Waals surface area (Å²) in [6.45, 7) is 14.5. The van der Waals surface area contributed by atoms with E-state index < -0.39 is 0 Å². The molecule has 0 bridgehead atoms. The van der Waals surface area contributed by atoms with E-state index in [9.17, 15) is 0 Å². The van der Waals surface area contributed by atoms with Gasteiger partial charge in [0.05, 0.1) is 12.6 Å². The monoisotopic (exact) mass is 438 g/mol. The molecule has 32 heavy (non-hydrogen) atoms. The Morgan fingerprint density at radius 1 is 1.12 bits per heavy atom. The van der Waals surface area contributed by atoms with E-state index in [-0.39, 0.29) is 6.10 Å². The van der Waals surface area contributed by atoms with E-state index in [1.807, 2.05) is 12.3 Å². The molecule has 0 radical (unpaired) electrons. The molecule has 0 amide bonds. The van der Waals surface area contributed by atoms with Gasteiger partial charge < -0.3 is 25.2 Å². The van der Waals surface area contributed by atoms with Crippen molar-refractivity contribution in [1.29, 1.82) is 0 Å².